The molecule has 1 aliphatic rings. The molecule has 0 spiro atoms. The summed E-state index contributed by atoms with van der Waals surface area (Å²) in [6.45, 7) is 9.01. The second-order valence-corrected chi connectivity index (χ2v) is 7.07. The molecular formula is C11H23NOS. The van der Waals surface area contributed by atoms with E-state index >= 15 is 0 Å². The largest absolute Gasteiger partial charge is 0.311 e. The van der Waals surface area contributed by atoms with Gasteiger partial charge in [-0.15, -0.1) is 0 Å². The Morgan fingerprint density at radius 1 is 1.29 bits per heavy atom. The Kier molecular flexibility index (Phi) is 4.14. The highest BCUT2D eigenvalue weighted by molar-refractivity contribution is 7.85. The summed E-state index contributed by atoms with van der Waals surface area (Å²) >= 11 is 0. The lowest BCUT2D eigenvalue weighted by Crippen LogP contribution is -2.46. The Morgan fingerprint density at radius 2 is 1.79 bits per heavy atom. The van der Waals surface area contributed by atoms with Gasteiger partial charge in [-0.3, -0.25) is 4.21 Å². The summed E-state index contributed by atoms with van der Waals surface area (Å²) in [5.74, 6) is 1.77. The fraction of sp³-hybridized carbons (Fsp3) is 1.00. The van der Waals surface area contributed by atoms with E-state index in [1.54, 1.807) is 0 Å². The highest BCUT2D eigenvalue weighted by Gasteiger charge is 2.24. The molecule has 1 N–H and O–H groups in total. The quantitative estimate of drug-likeness (QED) is 0.765. The summed E-state index contributed by atoms with van der Waals surface area (Å²) in [6, 6.07) is 1.11. The molecule has 0 aromatic carbocycles. The molecule has 84 valence electrons. The predicted octanol–water partition coefficient (Wildman–Crippen LogP) is 1.92. The average Bonchev–Trinajstić information content (AvgIpc) is 2.07. The van der Waals surface area contributed by atoms with Crippen molar-refractivity contribution in [2.45, 2.75) is 52.6 Å². The van der Waals surface area contributed by atoms with Crippen molar-refractivity contribution in [3.8, 4) is 0 Å². The zero-order valence-corrected chi connectivity index (χ0v) is 10.6. The fourth-order valence-electron chi connectivity index (χ4n) is 1.56. The molecule has 1 saturated heterocycles. The van der Waals surface area contributed by atoms with Crippen molar-refractivity contribution in [1.82, 2.24) is 5.32 Å². The number of nitrogens with one attached hydrogen (secondary N) is 1. The molecule has 0 saturated carbocycles. The van der Waals surface area contributed by atoms with Gasteiger partial charge in [0.2, 0.25) is 0 Å². The highest BCUT2D eigenvalue weighted by atomic mass is 32.2. The van der Waals surface area contributed by atoms with Crippen LogP contribution in [0, 0.1) is 5.41 Å². The predicted molar refractivity (Wildman–Crippen MR) is 63.0 cm³/mol. The van der Waals surface area contributed by atoms with Crippen LogP contribution in [0.5, 0.6) is 0 Å². The fourth-order valence-corrected chi connectivity index (χ4v) is 2.86. The van der Waals surface area contributed by atoms with Crippen LogP contribution in [0.4, 0.5) is 0 Å². The van der Waals surface area contributed by atoms with Gasteiger partial charge in [-0.1, -0.05) is 20.8 Å². The summed E-state index contributed by atoms with van der Waals surface area (Å²) in [5, 5.41) is 3.64. The van der Waals surface area contributed by atoms with Crippen molar-refractivity contribution in [3.63, 3.8) is 0 Å². The first-order valence-electron chi connectivity index (χ1n) is 5.50. The van der Waals surface area contributed by atoms with Crippen LogP contribution in [0.25, 0.3) is 0 Å². The van der Waals surface area contributed by atoms with Gasteiger partial charge in [0.05, 0.1) is 0 Å². The van der Waals surface area contributed by atoms with E-state index in [4.69, 9.17) is 0 Å². The second kappa shape index (κ2) is 4.75. The molecule has 14 heavy (non-hydrogen) atoms. The van der Waals surface area contributed by atoms with Gasteiger partial charge in [0.25, 0.3) is 0 Å². The molecule has 0 aromatic heterocycles. The normalized spacial score (nSPS) is 31.4. The van der Waals surface area contributed by atoms with Gasteiger partial charge in [-0.2, -0.15) is 0 Å². The molecule has 0 amide bonds. The van der Waals surface area contributed by atoms with E-state index in [2.05, 4.69) is 33.0 Å². The van der Waals surface area contributed by atoms with Crippen LogP contribution in [0.15, 0.2) is 0 Å². The van der Waals surface area contributed by atoms with E-state index in [0.717, 1.165) is 24.3 Å². The zero-order valence-electron chi connectivity index (χ0n) is 9.80. The monoisotopic (exact) mass is 217 g/mol. The van der Waals surface area contributed by atoms with Crippen LogP contribution >= 0.6 is 0 Å². The average molecular weight is 217 g/mol. The number of hydrogen-bond acceptors (Lipinski definition) is 2. The van der Waals surface area contributed by atoms with Gasteiger partial charge < -0.3 is 5.32 Å². The van der Waals surface area contributed by atoms with Gasteiger partial charge in [-0.25, -0.2) is 0 Å². The third-order valence-corrected chi connectivity index (χ3v) is 4.55. The Bertz CT molecular complexity index is 200. The molecule has 1 aliphatic heterocycles. The van der Waals surface area contributed by atoms with Crippen molar-refractivity contribution < 1.29 is 4.21 Å². The van der Waals surface area contributed by atoms with Crippen molar-refractivity contribution in [2.24, 2.45) is 5.41 Å². The first-order chi connectivity index (χ1) is 6.39. The Labute approximate surface area is 90.3 Å². The minimum absolute atomic E-state index is 0.316. The van der Waals surface area contributed by atoms with E-state index in [1.165, 1.54) is 0 Å². The van der Waals surface area contributed by atoms with Crippen LogP contribution in [-0.4, -0.2) is 27.8 Å². The molecule has 3 heteroatoms. The van der Waals surface area contributed by atoms with Crippen molar-refractivity contribution in [2.75, 3.05) is 11.5 Å². The lowest BCUT2D eigenvalue weighted by molar-refractivity contribution is 0.256. The minimum atomic E-state index is -0.537. The van der Waals surface area contributed by atoms with E-state index in [9.17, 15) is 4.21 Å². The Morgan fingerprint density at radius 3 is 2.21 bits per heavy atom. The van der Waals surface area contributed by atoms with Gasteiger partial charge >= 0.3 is 0 Å². The molecule has 2 nitrogen and oxygen atoms in total. The van der Waals surface area contributed by atoms with E-state index < -0.39 is 10.8 Å². The van der Waals surface area contributed by atoms with Crippen molar-refractivity contribution in [3.05, 3.63) is 0 Å². The second-order valence-electron chi connectivity index (χ2n) is 5.38. The van der Waals surface area contributed by atoms with Gasteiger partial charge in [0, 0.05) is 34.4 Å². The first-order valence-corrected chi connectivity index (χ1v) is 6.99. The molecular weight excluding hydrogens is 194 g/mol. The molecule has 0 aromatic rings. The number of rotatable bonds is 2. The zero-order chi connectivity index (χ0) is 10.8. The lowest BCUT2D eigenvalue weighted by Gasteiger charge is -2.33. The van der Waals surface area contributed by atoms with E-state index in [0.29, 0.717) is 17.5 Å². The standard InChI is InChI=1S/C11H23NOS/c1-9(11(2,3)4)12-10-5-7-14(13)8-6-10/h9-10,12H,5-8H2,1-4H3. The third-order valence-electron chi connectivity index (χ3n) is 3.17. The van der Waals surface area contributed by atoms with E-state index in [1.807, 2.05) is 0 Å². The lowest BCUT2D eigenvalue weighted by atomic mass is 9.87. The maximum Gasteiger partial charge on any atom is 0.0249 e. The first kappa shape index (κ1) is 12.2. The molecule has 1 fully saturated rings. The van der Waals surface area contributed by atoms with Gasteiger partial charge in [0.1, 0.15) is 0 Å². The maximum absolute atomic E-state index is 11.2. The minimum Gasteiger partial charge on any atom is -0.311 e. The summed E-state index contributed by atoms with van der Waals surface area (Å²) in [6.07, 6.45) is 2.15. The number of hydrogen-bond donors (Lipinski definition) is 1. The van der Waals surface area contributed by atoms with E-state index in [-0.39, 0.29) is 0 Å². The van der Waals surface area contributed by atoms with Crippen LogP contribution in [0.2, 0.25) is 0 Å². The molecule has 0 bridgehead atoms. The molecule has 0 aliphatic carbocycles. The summed E-state index contributed by atoms with van der Waals surface area (Å²) in [5.41, 5.74) is 0.316. The molecule has 1 heterocycles. The van der Waals surface area contributed by atoms with Crippen LogP contribution < -0.4 is 5.32 Å². The third kappa shape index (κ3) is 3.70. The van der Waals surface area contributed by atoms with Crippen LogP contribution in [0.3, 0.4) is 0 Å². The maximum atomic E-state index is 11.2. The summed E-state index contributed by atoms with van der Waals surface area (Å²) < 4.78 is 11.2. The highest BCUT2D eigenvalue weighted by Crippen LogP contribution is 2.20. The van der Waals surface area contributed by atoms with Gasteiger partial charge in [-0.05, 0) is 25.2 Å². The van der Waals surface area contributed by atoms with Crippen molar-refractivity contribution in [1.29, 1.82) is 0 Å². The Hall–Kier alpha value is 0.110. The van der Waals surface area contributed by atoms with Gasteiger partial charge in [0.15, 0.2) is 0 Å². The summed E-state index contributed by atoms with van der Waals surface area (Å²) in [7, 11) is -0.537. The SMILES string of the molecule is CC(NC1CCS(=O)CC1)C(C)(C)C. The topological polar surface area (TPSA) is 29.1 Å². The molecule has 0 radical (unpaired) electrons. The molecule has 1 rings (SSSR count). The Balaban J connectivity index is 2.34. The van der Waals surface area contributed by atoms with Crippen LogP contribution in [-0.2, 0) is 10.8 Å². The van der Waals surface area contributed by atoms with Crippen molar-refractivity contribution >= 4 is 10.8 Å². The molecule has 1 atom stereocenters. The summed E-state index contributed by atoms with van der Waals surface area (Å²) in [4.78, 5) is 0. The molecule has 1 unspecified atom stereocenters. The van der Waals surface area contributed by atoms with Crippen LogP contribution in [0.1, 0.15) is 40.5 Å². The smallest absolute Gasteiger partial charge is 0.0249 e.